The molecule has 0 aromatic heterocycles. The van der Waals surface area contributed by atoms with Crippen molar-refractivity contribution in [2.24, 2.45) is 0 Å². The Morgan fingerprint density at radius 3 is 2.44 bits per heavy atom. The van der Waals surface area contributed by atoms with Crippen molar-refractivity contribution >= 4 is 5.97 Å². The molecule has 0 bridgehead atoms. The largest absolute Gasteiger partial charge is 0.496 e. The molecule has 0 spiro atoms. The third-order valence-corrected chi connectivity index (χ3v) is 2.24. The van der Waals surface area contributed by atoms with Crippen LogP contribution in [0.1, 0.15) is 30.3 Å². The lowest BCUT2D eigenvalue weighted by molar-refractivity contribution is -0.147. The van der Waals surface area contributed by atoms with Crippen molar-refractivity contribution < 1.29 is 24.1 Å². The van der Waals surface area contributed by atoms with Crippen LogP contribution in [0.3, 0.4) is 0 Å². The molecule has 1 aromatic rings. The second-order valence-corrected chi connectivity index (χ2v) is 3.33. The molecule has 0 amide bonds. The number of methoxy groups -OCH3 is 1. The predicted molar refractivity (Wildman–Crippen MR) is 55.1 cm³/mol. The number of carbonyl (C=O) groups is 1. The number of benzene rings is 1. The Morgan fingerprint density at radius 1 is 1.44 bits per heavy atom. The van der Waals surface area contributed by atoms with E-state index in [2.05, 4.69) is 0 Å². The molecule has 4 nitrogen and oxygen atoms in total. The van der Waals surface area contributed by atoms with Gasteiger partial charge in [0, 0.05) is 11.1 Å². The molecule has 0 saturated heterocycles. The molecule has 1 rings (SSSR count). The van der Waals surface area contributed by atoms with Gasteiger partial charge in [-0.25, -0.2) is 9.18 Å². The van der Waals surface area contributed by atoms with Gasteiger partial charge >= 0.3 is 5.97 Å². The number of rotatable bonds is 4. The summed E-state index contributed by atoms with van der Waals surface area (Å²) in [5, 5.41) is 18.1. The van der Waals surface area contributed by atoms with E-state index in [1.165, 1.54) is 32.2 Å². The van der Waals surface area contributed by atoms with E-state index in [1.807, 2.05) is 0 Å². The van der Waals surface area contributed by atoms with Crippen LogP contribution in [-0.4, -0.2) is 23.3 Å². The molecule has 2 N–H and O–H groups in total. The minimum atomic E-state index is -1.71. The van der Waals surface area contributed by atoms with Crippen LogP contribution in [0.15, 0.2) is 18.2 Å². The summed E-state index contributed by atoms with van der Waals surface area (Å²) in [4.78, 5) is 10.6. The Balaban J connectivity index is 3.29. The molecule has 0 aliphatic carbocycles. The maximum atomic E-state index is 13.2. The molecule has 2 atom stereocenters. The molecule has 0 radical (unpaired) electrons. The average Bonchev–Trinajstić information content (AvgIpc) is 2.26. The highest BCUT2D eigenvalue weighted by molar-refractivity contribution is 5.75. The topological polar surface area (TPSA) is 66.8 Å². The van der Waals surface area contributed by atoms with Gasteiger partial charge in [-0.1, -0.05) is 18.2 Å². The number of hydrogen-bond acceptors (Lipinski definition) is 3. The molecule has 88 valence electrons. The number of ether oxygens (including phenoxy) is 1. The fourth-order valence-electron chi connectivity index (χ4n) is 1.47. The van der Waals surface area contributed by atoms with Gasteiger partial charge in [0.15, 0.2) is 6.10 Å². The number of aliphatic hydroxyl groups is 1. The summed E-state index contributed by atoms with van der Waals surface area (Å²) in [7, 11) is 1.30. The maximum absolute atomic E-state index is 13.2. The van der Waals surface area contributed by atoms with Gasteiger partial charge in [-0.05, 0) is 6.92 Å². The molecular formula is C11H13FO4. The van der Waals surface area contributed by atoms with Gasteiger partial charge in [-0.2, -0.15) is 0 Å². The zero-order valence-corrected chi connectivity index (χ0v) is 8.98. The molecule has 2 unspecified atom stereocenters. The third kappa shape index (κ3) is 2.30. The van der Waals surface area contributed by atoms with E-state index in [1.54, 1.807) is 0 Å². The number of alkyl halides is 1. The first-order valence-electron chi connectivity index (χ1n) is 4.70. The van der Waals surface area contributed by atoms with Gasteiger partial charge in [0.2, 0.25) is 0 Å². The first kappa shape index (κ1) is 12.4. The van der Waals surface area contributed by atoms with Crippen molar-refractivity contribution in [3.05, 3.63) is 29.3 Å². The van der Waals surface area contributed by atoms with Gasteiger partial charge in [-0.3, -0.25) is 0 Å². The molecule has 0 aliphatic rings. The highest BCUT2D eigenvalue weighted by atomic mass is 19.1. The molecule has 0 heterocycles. The Bertz CT molecular complexity index is 390. The number of aliphatic hydroxyl groups excluding tert-OH is 1. The van der Waals surface area contributed by atoms with Crippen LogP contribution < -0.4 is 4.74 Å². The molecule has 16 heavy (non-hydrogen) atoms. The van der Waals surface area contributed by atoms with Gasteiger partial charge in [0.25, 0.3) is 0 Å². The SMILES string of the molecule is COc1c(C(C)F)cccc1C(O)C(=O)O. The molecule has 0 fully saturated rings. The van der Waals surface area contributed by atoms with E-state index >= 15 is 0 Å². The second-order valence-electron chi connectivity index (χ2n) is 3.33. The fraction of sp³-hybridized carbons (Fsp3) is 0.364. The van der Waals surface area contributed by atoms with Crippen molar-refractivity contribution in [1.29, 1.82) is 0 Å². The quantitative estimate of drug-likeness (QED) is 0.825. The molecule has 0 aliphatic heterocycles. The van der Waals surface area contributed by atoms with Crippen molar-refractivity contribution in [2.45, 2.75) is 19.2 Å². The molecule has 5 heteroatoms. The Hall–Kier alpha value is -1.62. The Morgan fingerprint density at radius 2 is 2.00 bits per heavy atom. The van der Waals surface area contributed by atoms with Gasteiger partial charge in [0.05, 0.1) is 7.11 Å². The monoisotopic (exact) mass is 228 g/mol. The van der Waals surface area contributed by atoms with E-state index in [4.69, 9.17) is 9.84 Å². The normalized spacial score (nSPS) is 14.2. The van der Waals surface area contributed by atoms with E-state index in [-0.39, 0.29) is 16.9 Å². The zero-order chi connectivity index (χ0) is 12.3. The molecular weight excluding hydrogens is 215 g/mol. The summed E-state index contributed by atoms with van der Waals surface area (Å²) in [5.41, 5.74) is 0.275. The maximum Gasteiger partial charge on any atom is 0.337 e. The summed E-state index contributed by atoms with van der Waals surface area (Å²) < 4.78 is 18.2. The van der Waals surface area contributed by atoms with Crippen LogP contribution in [0, 0.1) is 0 Å². The van der Waals surface area contributed by atoms with Crippen LogP contribution in [0.2, 0.25) is 0 Å². The second kappa shape index (κ2) is 4.94. The number of carboxylic acids is 1. The number of carboxylic acid groups (broad SMARTS) is 1. The summed E-state index contributed by atoms with van der Waals surface area (Å²) in [5.74, 6) is -1.32. The van der Waals surface area contributed by atoms with Crippen molar-refractivity contribution in [2.75, 3.05) is 7.11 Å². The Kier molecular flexibility index (Phi) is 3.84. The zero-order valence-electron chi connectivity index (χ0n) is 8.98. The number of para-hydroxylation sites is 1. The number of halogens is 1. The number of hydrogen-bond donors (Lipinski definition) is 2. The minimum absolute atomic E-state index is 0.0528. The van der Waals surface area contributed by atoms with Crippen LogP contribution >= 0.6 is 0 Å². The summed E-state index contributed by atoms with van der Waals surface area (Å²) in [6.07, 6.45) is -3.01. The van der Waals surface area contributed by atoms with Crippen molar-refractivity contribution in [3.8, 4) is 5.75 Å². The highest BCUT2D eigenvalue weighted by Gasteiger charge is 2.23. The lowest BCUT2D eigenvalue weighted by atomic mass is 10.0. The van der Waals surface area contributed by atoms with Crippen LogP contribution in [0.4, 0.5) is 4.39 Å². The summed E-state index contributed by atoms with van der Waals surface area (Å²) in [6.45, 7) is 1.31. The van der Waals surface area contributed by atoms with Crippen LogP contribution in [0.5, 0.6) is 5.75 Å². The highest BCUT2D eigenvalue weighted by Crippen LogP contribution is 2.34. The minimum Gasteiger partial charge on any atom is -0.496 e. The van der Waals surface area contributed by atoms with Crippen LogP contribution in [-0.2, 0) is 4.79 Å². The van der Waals surface area contributed by atoms with Gasteiger partial charge < -0.3 is 14.9 Å². The smallest absolute Gasteiger partial charge is 0.337 e. The predicted octanol–water partition coefficient (Wildman–Crippen LogP) is 1.84. The third-order valence-electron chi connectivity index (χ3n) is 2.24. The molecule has 1 aromatic carbocycles. The lowest BCUT2D eigenvalue weighted by Crippen LogP contribution is -2.12. The Labute approximate surface area is 92.3 Å². The van der Waals surface area contributed by atoms with Crippen molar-refractivity contribution in [3.63, 3.8) is 0 Å². The van der Waals surface area contributed by atoms with E-state index in [0.717, 1.165) is 0 Å². The van der Waals surface area contributed by atoms with Crippen LogP contribution in [0.25, 0.3) is 0 Å². The van der Waals surface area contributed by atoms with E-state index < -0.39 is 18.2 Å². The first-order chi connectivity index (χ1) is 7.49. The lowest BCUT2D eigenvalue weighted by Gasteiger charge is -2.15. The number of aliphatic carboxylic acids is 1. The van der Waals surface area contributed by atoms with Crippen molar-refractivity contribution in [1.82, 2.24) is 0 Å². The summed E-state index contributed by atoms with van der Waals surface area (Å²) >= 11 is 0. The fourth-order valence-corrected chi connectivity index (χ4v) is 1.47. The van der Waals surface area contributed by atoms with Gasteiger partial charge in [0.1, 0.15) is 11.9 Å². The van der Waals surface area contributed by atoms with E-state index in [9.17, 15) is 14.3 Å². The molecule has 0 saturated carbocycles. The average molecular weight is 228 g/mol. The summed E-state index contributed by atoms with van der Waals surface area (Å²) in [6, 6.07) is 4.36. The first-order valence-corrected chi connectivity index (χ1v) is 4.70. The van der Waals surface area contributed by atoms with E-state index in [0.29, 0.717) is 0 Å². The van der Waals surface area contributed by atoms with Gasteiger partial charge in [-0.15, -0.1) is 0 Å². The standard InChI is InChI=1S/C11H13FO4/c1-6(12)7-4-3-5-8(10(7)16-2)9(13)11(14)15/h3-6,9,13H,1-2H3,(H,14,15).